The SMILES string of the molecule is O=C(NCc1cccc2ccccc12)c1cccc(O)n1. The van der Waals surface area contributed by atoms with E-state index in [1.807, 2.05) is 42.5 Å². The van der Waals surface area contributed by atoms with Crippen molar-refractivity contribution in [2.45, 2.75) is 6.54 Å². The van der Waals surface area contributed by atoms with Gasteiger partial charge in [-0.05, 0) is 22.4 Å². The van der Waals surface area contributed by atoms with Gasteiger partial charge in [-0.1, -0.05) is 48.5 Å². The van der Waals surface area contributed by atoms with Crippen molar-refractivity contribution in [1.29, 1.82) is 0 Å². The first-order valence-corrected chi connectivity index (χ1v) is 6.65. The molecule has 2 aromatic carbocycles. The molecule has 0 saturated carbocycles. The summed E-state index contributed by atoms with van der Waals surface area (Å²) >= 11 is 0. The Kier molecular flexibility index (Phi) is 3.51. The van der Waals surface area contributed by atoms with Crippen molar-refractivity contribution in [3.05, 3.63) is 71.9 Å². The molecule has 4 heteroatoms. The van der Waals surface area contributed by atoms with Crippen LogP contribution in [0, 0.1) is 0 Å². The van der Waals surface area contributed by atoms with Crippen LogP contribution in [-0.2, 0) is 6.54 Å². The average molecular weight is 278 g/mol. The monoisotopic (exact) mass is 278 g/mol. The van der Waals surface area contributed by atoms with Crippen LogP contribution in [0.3, 0.4) is 0 Å². The summed E-state index contributed by atoms with van der Waals surface area (Å²) < 4.78 is 0. The molecule has 0 aliphatic rings. The first-order chi connectivity index (χ1) is 10.2. The van der Waals surface area contributed by atoms with Crippen LogP contribution >= 0.6 is 0 Å². The number of benzene rings is 2. The highest BCUT2D eigenvalue weighted by atomic mass is 16.3. The van der Waals surface area contributed by atoms with Gasteiger partial charge in [-0.25, -0.2) is 4.98 Å². The lowest BCUT2D eigenvalue weighted by atomic mass is 10.0. The fraction of sp³-hybridized carbons (Fsp3) is 0.0588. The quantitative estimate of drug-likeness (QED) is 0.774. The molecule has 0 spiro atoms. The van der Waals surface area contributed by atoms with Gasteiger partial charge in [-0.3, -0.25) is 4.79 Å². The predicted octanol–water partition coefficient (Wildman–Crippen LogP) is 2.87. The van der Waals surface area contributed by atoms with Gasteiger partial charge in [0.25, 0.3) is 5.91 Å². The number of amides is 1. The summed E-state index contributed by atoms with van der Waals surface area (Å²) in [5.74, 6) is -0.466. The molecule has 3 rings (SSSR count). The van der Waals surface area contributed by atoms with Crippen LogP contribution in [0.25, 0.3) is 10.8 Å². The second-order valence-corrected chi connectivity index (χ2v) is 4.70. The predicted molar refractivity (Wildman–Crippen MR) is 81.0 cm³/mol. The molecule has 0 aliphatic carbocycles. The minimum atomic E-state index is -0.307. The van der Waals surface area contributed by atoms with Gasteiger partial charge >= 0.3 is 0 Å². The van der Waals surface area contributed by atoms with Crippen LogP contribution in [-0.4, -0.2) is 16.0 Å². The highest BCUT2D eigenvalue weighted by Crippen LogP contribution is 2.18. The standard InChI is InChI=1S/C17H14N2O2/c20-16-10-4-9-15(19-16)17(21)18-11-13-7-3-6-12-5-1-2-8-14(12)13/h1-10H,11H2,(H,18,21)(H,19,20). The zero-order chi connectivity index (χ0) is 14.7. The molecule has 1 aromatic heterocycles. The Morgan fingerprint density at radius 3 is 2.62 bits per heavy atom. The van der Waals surface area contributed by atoms with Crippen molar-refractivity contribution in [1.82, 2.24) is 10.3 Å². The second kappa shape index (κ2) is 5.63. The molecule has 0 radical (unpaired) electrons. The molecule has 0 fully saturated rings. The van der Waals surface area contributed by atoms with Crippen molar-refractivity contribution < 1.29 is 9.90 Å². The Morgan fingerprint density at radius 2 is 1.76 bits per heavy atom. The van der Waals surface area contributed by atoms with Crippen molar-refractivity contribution in [3.63, 3.8) is 0 Å². The highest BCUT2D eigenvalue weighted by Gasteiger charge is 2.08. The van der Waals surface area contributed by atoms with Crippen molar-refractivity contribution >= 4 is 16.7 Å². The molecular weight excluding hydrogens is 264 g/mol. The smallest absolute Gasteiger partial charge is 0.270 e. The fourth-order valence-electron chi connectivity index (χ4n) is 2.26. The maximum absolute atomic E-state index is 12.0. The number of carbonyl (C=O) groups excluding carboxylic acids is 1. The molecule has 3 aromatic rings. The molecule has 104 valence electrons. The Hall–Kier alpha value is -2.88. The van der Waals surface area contributed by atoms with E-state index in [0.29, 0.717) is 6.54 Å². The number of rotatable bonds is 3. The van der Waals surface area contributed by atoms with E-state index in [0.717, 1.165) is 16.3 Å². The lowest BCUT2D eigenvalue weighted by molar-refractivity contribution is 0.0945. The van der Waals surface area contributed by atoms with Crippen LogP contribution in [0.5, 0.6) is 5.88 Å². The third-order valence-electron chi connectivity index (χ3n) is 3.29. The Labute approximate surface area is 122 Å². The minimum absolute atomic E-state index is 0.159. The molecule has 0 bridgehead atoms. The van der Waals surface area contributed by atoms with E-state index in [-0.39, 0.29) is 17.5 Å². The van der Waals surface area contributed by atoms with E-state index in [2.05, 4.69) is 10.3 Å². The summed E-state index contributed by atoms with van der Waals surface area (Å²) in [5, 5.41) is 14.4. The van der Waals surface area contributed by atoms with Gasteiger partial charge < -0.3 is 10.4 Å². The van der Waals surface area contributed by atoms with Crippen LogP contribution in [0.15, 0.2) is 60.7 Å². The number of carbonyl (C=O) groups is 1. The number of hydrogen-bond donors (Lipinski definition) is 2. The molecule has 0 atom stereocenters. The van der Waals surface area contributed by atoms with Crippen LogP contribution in [0.1, 0.15) is 16.1 Å². The van der Waals surface area contributed by atoms with E-state index in [9.17, 15) is 9.90 Å². The fourth-order valence-corrected chi connectivity index (χ4v) is 2.26. The lowest BCUT2D eigenvalue weighted by Crippen LogP contribution is -2.23. The molecule has 0 saturated heterocycles. The van der Waals surface area contributed by atoms with Crippen LogP contribution in [0.2, 0.25) is 0 Å². The van der Waals surface area contributed by atoms with E-state index in [1.54, 1.807) is 12.1 Å². The molecule has 2 N–H and O–H groups in total. The van der Waals surface area contributed by atoms with Crippen molar-refractivity contribution in [2.75, 3.05) is 0 Å². The van der Waals surface area contributed by atoms with Gasteiger partial charge in [-0.15, -0.1) is 0 Å². The van der Waals surface area contributed by atoms with Gasteiger partial charge in [-0.2, -0.15) is 0 Å². The summed E-state index contributed by atoms with van der Waals surface area (Å²) in [5.41, 5.74) is 1.25. The Balaban J connectivity index is 1.79. The van der Waals surface area contributed by atoms with Gasteiger partial charge in [0.1, 0.15) is 5.69 Å². The summed E-state index contributed by atoms with van der Waals surface area (Å²) in [4.78, 5) is 15.8. The normalized spacial score (nSPS) is 10.5. The third-order valence-corrected chi connectivity index (χ3v) is 3.29. The molecule has 4 nitrogen and oxygen atoms in total. The summed E-state index contributed by atoms with van der Waals surface area (Å²) in [6, 6.07) is 18.6. The number of nitrogens with zero attached hydrogens (tertiary/aromatic N) is 1. The maximum atomic E-state index is 12.0. The van der Waals surface area contributed by atoms with Gasteiger partial charge in [0.05, 0.1) is 0 Å². The number of aromatic hydroxyl groups is 1. The first kappa shape index (κ1) is 13.1. The molecule has 1 heterocycles. The van der Waals surface area contributed by atoms with Gasteiger partial charge in [0.15, 0.2) is 0 Å². The van der Waals surface area contributed by atoms with E-state index >= 15 is 0 Å². The van der Waals surface area contributed by atoms with E-state index in [4.69, 9.17) is 0 Å². The molecule has 1 amide bonds. The van der Waals surface area contributed by atoms with E-state index in [1.165, 1.54) is 6.07 Å². The highest BCUT2D eigenvalue weighted by molar-refractivity contribution is 5.93. The average Bonchev–Trinajstić information content (AvgIpc) is 2.52. The third kappa shape index (κ3) is 2.84. The number of nitrogens with one attached hydrogen (secondary N) is 1. The molecular formula is C17H14N2O2. The second-order valence-electron chi connectivity index (χ2n) is 4.70. The van der Waals surface area contributed by atoms with Crippen LogP contribution < -0.4 is 5.32 Å². The topological polar surface area (TPSA) is 62.2 Å². The molecule has 0 unspecified atom stereocenters. The summed E-state index contributed by atoms with van der Waals surface area (Å²) in [6.45, 7) is 0.414. The molecule has 21 heavy (non-hydrogen) atoms. The maximum Gasteiger partial charge on any atom is 0.270 e. The van der Waals surface area contributed by atoms with Gasteiger partial charge in [0, 0.05) is 12.6 Å². The molecule has 0 aliphatic heterocycles. The Morgan fingerprint density at radius 1 is 1.00 bits per heavy atom. The van der Waals surface area contributed by atoms with Crippen LogP contribution in [0.4, 0.5) is 0 Å². The van der Waals surface area contributed by atoms with Crippen molar-refractivity contribution in [2.24, 2.45) is 0 Å². The first-order valence-electron chi connectivity index (χ1n) is 6.65. The largest absolute Gasteiger partial charge is 0.493 e. The zero-order valence-corrected chi connectivity index (χ0v) is 11.3. The zero-order valence-electron chi connectivity index (χ0n) is 11.3. The number of fused-ring (bicyclic) bond motifs is 1. The minimum Gasteiger partial charge on any atom is -0.493 e. The van der Waals surface area contributed by atoms with Crippen molar-refractivity contribution in [3.8, 4) is 5.88 Å². The summed E-state index contributed by atoms with van der Waals surface area (Å²) in [7, 11) is 0. The van der Waals surface area contributed by atoms with E-state index < -0.39 is 0 Å². The number of aromatic nitrogens is 1. The van der Waals surface area contributed by atoms with Gasteiger partial charge in [0.2, 0.25) is 5.88 Å². The summed E-state index contributed by atoms with van der Waals surface area (Å²) in [6.07, 6.45) is 0. The lowest BCUT2D eigenvalue weighted by Gasteiger charge is -2.08. The number of pyridine rings is 1. The number of hydrogen-bond acceptors (Lipinski definition) is 3. The Bertz CT molecular complexity index is 794.